The normalized spacial score (nSPS) is 23.1. The molecule has 2 saturated heterocycles. The number of halogens is 2. The molecule has 2 fully saturated rings. The maximum absolute atomic E-state index is 12.6. The predicted octanol–water partition coefficient (Wildman–Crippen LogP) is 1.71. The summed E-state index contributed by atoms with van der Waals surface area (Å²) in [5.74, 6) is 1.73. The fourth-order valence-electron chi connectivity index (χ4n) is 3.70. The molecule has 2 unspecified atom stereocenters. The standard InChI is InChI=1S/C18H28N4O2.2ClH/c1-2-21(18(24)16-11-15(23)12-20-16)13-14-6-9-22(10-7-14)17-5-3-4-8-19-17;;/h3-5,8,14-16,20,23H,2,6-7,9-13H2,1H3;2*1H. The van der Waals surface area contributed by atoms with E-state index >= 15 is 0 Å². The fraction of sp³-hybridized carbons (Fsp3) is 0.667. The molecule has 6 nitrogen and oxygen atoms in total. The fourth-order valence-corrected chi connectivity index (χ4v) is 3.70. The summed E-state index contributed by atoms with van der Waals surface area (Å²) in [6.45, 7) is 6.09. The summed E-state index contributed by atoms with van der Waals surface area (Å²) in [6.07, 6.45) is 4.15. The van der Waals surface area contributed by atoms with Crippen LogP contribution in [0.3, 0.4) is 0 Å². The Morgan fingerprint density at radius 3 is 2.62 bits per heavy atom. The molecule has 0 radical (unpaired) electrons. The second-order valence-corrected chi connectivity index (χ2v) is 6.85. The number of hydrogen-bond acceptors (Lipinski definition) is 5. The van der Waals surface area contributed by atoms with Crippen LogP contribution in [0.4, 0.5) is 5.82 Å². The van der Waals surface area contributed by atoms with E-state index in [-0.39, 0.29) is 42.9 Å². The second-order valence-electron chi connectivity index (χ2n) is 6.85. The molecule has 0 saturated carbocycles. The van der Waals surface area contributed by atoms with Crippen molar-refractivity contribution < 1.29 is 9.90 Å². The molecular formula is C18H30Cl2N4O2. The first kappa shape index (κ1) is 23.0. The van der Waals surface area contributed by atoms with Gasteiger partial charge in [0, 0.05) is 38.9 Å². The molecule has 1 amide bonds. The molecule has 0 bridgehead atoms. The van der Waals surface area contributed by atoms with E-state index in [1.807, 2.05) is 30.2 Å². The molecule has 1 aromatic heterocycles. The quantitative estimate of drug-likeness (QED) is 0.781. The average molecular weight is 405 g/mol. The number of β-amino-alcohol motifs (C(OH)–C–C–N with tert-alkyl or cyclic N) is 1. The number of aromatic nitrogens is 1. The van der Waals surface area contributed by atoms with Gasteiger partial charge in [-0.2, -0.15) is 0 Å². The van der Waals surface area contributed by atoms with Crippen LogP contribution < -0.4 is 10.2 Å². The summed E-state index contributed by atoms with van der Waals surface area (Å²) >= 11 is 0. The highest BCUT2D eigenvalue weighted by molar-refractivity contribution is 5.85. The summed E-state index contributed by atoms with van der Waals surface area (Å²) in [4.78, 5) is 21.3. The zero-order valence-electron chi connectivity index (χ0n) is 15.2. The van der Waals surface area contributed by atoms with Gasteiger partial charge in [-0.15, -0.1) is 24.8 Å². The molecule has 26 heavy (non-hydrogen) atoms. The van der Waals surface area contributed by atoms with Crippen molar-refractivity contribution in [3.63, 3.8) is 0 Å². The first-order chi connectivity index (χ1) is 11.7. The Balaban J connectivity index is 0.00000169. The van der Waals surface area contributed by atoms with Gasteiger partial charge in [-0.3, -0.25) is 4.79 Å². The van der Waals surface area contributed by atoms with Gasteiger partial charge >= 0.3 is 0 Å². The van der Waals surface area contributed by atoms with Crippen molar-refractivity contribution in [1.29, 1.82) is 0 Å². The number of likely N-dealkylation sites (N-methyl/N-ethyl adjacent to an activating group) is 1. The minimum atomic E-state index is -0.390. The third-order valence-corrected chi connectivity index (χ3v) is 5.17. The summed E-state index contributed by atoms with van der Waals surface area (Å²) < 4.78 is 0. The van der Waals surface area contributed by atoms with Crippen molar-refractivity contribution in [2.45, 2.75) is 38.3 Å². The van der Waals surface area contributed by atoms with Crippen LogP contribution in [0, 0.1) is 5.92 Å². The summed E-state index contributed by atoms with van der Waals surface area (Å²) in [6, 6.07) is 5.80. The van der Waals surface area contributed by atoms with Crippen molar-refractivity contribution in [1.82, 2.24) is 15.2 Å². The Kier molecular flexibility index (Phi) is 9.64. The van der Waals surface area contributed by atoms with E-state index in [0.29, 0.717) is 18.9 Å². The van der Waals surface area contributed by atoms with Crippen LogP contribution in [0.1, 0.15) is 26.2 Å². The van der Waals surface area contributed by atoms with E-state index in [0.717, 1.165) is 44.8 Å². The number of carbonyl (C=O) groups excluding carboxylic acids is 1. The maximum atomic E-state index is 12.6. The lowest BCUT2D eigenvalue weighted by molar-refractivity contribution is -0.133. The van der Waals surface area contributed by atoms with E-state index < -0.39 is 0 Å². The van der Waals surface area contributed by atoms with E-state index in [2.05, 4.69) is 21.3 Å². The van der Waals surface area contributed by atoms with Gasteiger partial charge in [0.15, 0.2) is 0 Å². The largest absolute Gasteiger partial charge is 0.392 e. The smallest absolute Gasteiger partial charge is 0.239 e. The summed E-state index contributed by atoms with van der Waals surface area (Å²) in [5.41, 5.74) is 0. The molecule has 148 valence electrons. The van der Waals surface area contributed by atoms with Crippen LogP contribution in [-0.2, 0) is 4.79 Å². The first-order valence-electron chi connectivity index (χ1n) is 9.03. The molecule has 0 aliphatic carbocycles. The van der Waals surface area contributed by atoms with Gasteiger partial charge in [-0.25, -0.2) is 4.98 Å². The molecule has 3 heterocycles. The topological polar surface area (TPSA) is 68.7 Å². The molecule has 0 aromatic carbocycles. The van der Waals surface area contributed by atoms with E-state index in [9.17, 15) is 9.90 Å². The molecular weight excluding hydrogens is 375 g/mol. The number of piperidine rings is 1. The van der Waals surface area contributed by atoms with E-state index in [4.69, 9.17) is 0 Å². The highest BCUT2D eigenvalue weighted by Gasteiger charge is 2.32. The number of nitrogens with zero attached hydrogens (tertiary/aromatic N) is 3. The minimum absolute atomic E-state index is 0. The monoisotopic (exact) mass is 404 g/mol. The third-order valence-electron chi connectivity index (χ3n) is 5.17. The zero-order chi connectivity index (χ0) is 16.9. The van der Waals surface area contributed by atoms with Gasteiger partial charge in [0.05, 0.1) is 12.1 Å². The lowest BCUT2D eigenvalue weighted by Gasteiger charge is -2.35. The number of nitrogens with one attached hydrogen (secondary N) is 1. The number of aliphatic hydroxyl groups excluding tert-OH is 1. The Hall–Kier alpha value is -1.08. The number of carbonyl (C=O) groups is 1. The minimum Gasteiger partial charge on any atom is -0.392 e. The molecule has 0 spiro atoms. The summed E-state index contributed by atoms with van der Waals surface area (Å²) in [5, 5.41) is 12.7. The van der Waals surface area contributed by atoms with Crippen LogP contribution in [0.15, 0.2) is 24.4 Å². The average Bonchev–Trinajstić information content (AvgIpc) is 3.07. The molecule has 2 atom stereocenters. The van der Waals surface area contributed by atoms with Crippen molar-refractivity contribution in [2.24, 2.45) is 5.92 Å². The molecule has 8 heteroatoms. The van der Waals surface area contributed by atoms with Crippen LogP contribution in [0.5, 0.6) is 0 Å². The van der Waals surface area contributed by atoms with E-state index in [1.54, 1.807) is 0 Å². The van der Waals surface area contributed by atoms with Crippen LogP contribution in [0.2, 0.25) is 0 Å². The van der Waals surface area contributed by atoms with Crippen LogP contribution >= 0.6 is 24.8 Å². The Morgan fingerprint density at radius 2 is 2.08 bits per heavy atom. The molecule has 2 N–H and O–H groups in total. The molecule has 2 aliphatic rings. The zero-order valence-corrected chi connectivity index (χ0v) is 16.8. The Bertz CT molecular complexity index is 541. The van der Waals surface area contributed by atoms with Gasteiger partial charge < -0.3 is 20.2 Å². The van der Waals surface area contributed by atoms with E-state index in [1.165, 1.54) is 0 Å². The molecule has 1 aromatic rings. The number of amides is 1. The first-order valence-corrected chi connectivity index (χ1v) is 9.03. The molecule has 3 rings (SSSR count). The number of pyridine rings is 1. The van der Waals surface area contributed by atoms with Crippen molar-refractivity contribution in [2.75, 3.05) is 37.6 Å². The van der Waals surface area contributed by atoms with Gasteiger partial charge in [0.25, 0.3) is 0 Å². The number of hydrogen-bond donors (Lipinski definition) is 2. The van der Waals surface area contributed by atoms with Crippen LogP contribution in [0.25, 0.3) is 0 Å². The Labute approximate surface area is 168 Å². The van der Waals surface area contributed by atoms with Crippen molar-refractivity contribution >= 4 is 36.5 Å². The van der Waals surface area contributed by atoms with Crippen LogP contribution in [-0.4, -0.2) is 65.8 Å². The predicted molar refractivity (Wildman–Crippen MR) is 108 cm³/mol. The molecule has 2 aliphatic heterocycles. The number of rotatable bonds is 5. The van der Waals surface area contributed by atoms with Crippen molar-refractivity contribution in [3.05, 3.63) is 24.4 Å². The lowest BCUT2D eigenvalue weighted by atomic mass is 9.95. The Morgan fingerprint density at radius 1 is 1.35 bits per heavy atom. The lowest BCUT2D eigenvalue weighted by Crippen LogP contribution is -2.47. The van der Waals surface area contributed by atoms with Gasteiger partial charge in [0.1, 0.15) is 5.82 Å². The van der Waals surface area contributed by atoms with Gasteiger partial charge in [-0.1, -0.05) is 6.07 Å². The van der Waals surface area contributed by atoms with Gasteiger partial charge in [0.2, 0.25) is 5.91 Å². The second kappa shape index (κ2) is 10.9. The SMILES string of the molecule is CCN(CC1CCN(c2ccccn2)CC1)C(=O)C1CC(O)CN1.Cl.Cl. The number of aliphatic hydroxyl groups is 1. The maximum Gasteiger partial charge on any atom is 0.239 e. The van der Waals surface area contributed by atoms with Crippen molar-refractivity contribution in [3.8, 4) is 0 Å². The highest BCUT2D eigenvalue weighted by atomic mass is 35.5. The highest BCUT2D eigenvalue weighted by Crippen LogP contribution is 2.23. The third kappa shape index (κ3) is 5.71. The number of anilines is 1. The van der Waals surface area contributed by atoms with Gasteiger partial charge in [-0.05, 0) is 44.2 Å². The summed E-state index contributed by atoms with van der Waals surface area (Å²) in [7, 11) is 0.